The maximum absolute atomic E-state index is 12.7. The number of aryl methyl sites for hydroxylation is 1. The number of oxazole rings is 1. The van der Waals surface area contributed by atoms with Gasteiger partial charge in [0, 0.05) is 5.69 Å². The normalized spacial score (nSPS) is 10.4. The lowest BCUT2D eigenvalue weighted by Crippen LogP contribution is -2.15. The monoisotopic (exact) mass is 400 g/mol. The van der Waals surface area contributed by atoms with Crippen molar-refractivity contribution < 1.29 is 28.3 Å². The lowest BCUT2D eigenvalue weighted by molar-refractivity contribution is 0.0599. The standard InChI is InChI=1S/C19H16N2O6S/c1-10-15(21-17(27-10)14-5-4-6-28-14)16(22)20-13-8-11(18(23)25-2)7-12(9-13)19(24)26-3/h4-9H,1-3H3,(H,20,22). The fourth-order valence-electron chi connectivity index (χ4n) is 2.47. The zero-order valence-electron chi connectivity index (χ0n) is 15.3. The highest BCUT2D eigenvalue weighted by molar-refractivity contribution is 7.13. The fraction of sp³-hybridized carbons (Fsp3) is 0.158. The number of methoxy groups -OCH3 is 2. The van der Waals surface area contributed by atoms with Crippen LogP contribution in [-0.2, 0) is 9.47 Å². The quantitative estimate of drug-likeness (QED) is 0.653. The van der Waals surface area contributed by atoms with Gasteiger partial charge in [0.15, 0.2) is 5.69 Å². The summed E-state index contributed by atoms with van der Waals surface area (Å²) in [7, 11) is 2.44. The number of hydrogen-bond donors (Lipinski definition) is 1. The highest BCUT2D eigenvalue weighted by atomic mass is 32.1. The topological polar surface area (TPSA) is 108 Å². The molecule has 0 saturated heterocycles. The van der Waals surface area contributed by atoms with Crippen LogP contribution in [0.15, 0.2) is 40.1 Å². The highest BCUT2D eigenvalue weighted by Crippen LogP contribution is 2.26. The predicted molar refractivity (Wildman–Crippen MR) is 102 cm³/mol. The van der Waals surface area contributed by atoms with Crippen LogP contribution >= 0.6 is 11.3 Å². The molecule has 3 rings (SSSR count). The van der Waals surface area contributed by atoms with Crippen molar-refractivity contribution in [2.45, 2.75) is 6.92 Å². The number of hydrogen-bond acceptors (Lipinski definition) is 8. The summed E-state index contributed by atoms with van der Waals surface area (Å²) in [6.07, 6.45) is 0. The van der Waals surface area contributed by atoms with E-state index in [2.05, 4.69) is 19.8 Å². The Morgan fingerprint density at radius 1 is 1.07 bits per heavy atom. The van der Waals surface area contributed by atoms with E-state index in [1.165, 1.54) is 43.8 Å². The number of rotatable bonds is 5. The van der Waals surface area contributed by atoms with Gasteiger partial charge in [-0.2, -0.15) is 0 Å². The van der Waals surface area contributed by atoms with Crippen LogP contribution in [0, 0.1) is 6.92 Å². The van der Waals surface area contributed by atoms with Crippen molar-refractivity contribution in [3.8, 4) is 10.8 Å². The number of benzene rings is 1. The van der Waals surface area contributed by atoms with E-state index in [0.717, 1.165) is 4.88 Å². The minimum absolute atomic E-state index is 0.0943. The number of nitrogens with one attached hydrogen (secondary N) is 1. The molecular formula is C19H16N2O6S. The molecule has 2 aromatic heterocycles. The average Bonchev–Trinajstić information content (AvgIpc) is 3.35. The van der Waals surface area contributed by atoms with E-state index in [4.69, 9.17) is 4.42 Å². The Hall–Kier alpha value is -3.46. The summed E-state index contributed by atoms with van der Waals surface area (Å²) in [5.41, 5.74) is 0.508. The Kier molecular flexibility index (Phi) is 5.55. The third kappa shape index (κ3) is 3.94. The van der Waals surface area contributed by atoms with Crippen molar-refractivity contribution in [2.75, 3.05) is 19.5 Å². The van der Waals surface area contributed by atoms with Crippen LogP contribution in [0.4, 0.5) is 5.69 Å². The predicted octanol–water partition coefficient (Wildman–Crippen LogP) is 3.54. The fourth-order valence-corrected chi connectivity index (χ4v) is 3.12. The Morgan fingerprint density at radius 3 is 2.25 bits per heavy atom. The third-order valence-electron chi connectivity index (χ3n) is 3.78. The number of aromatic nitrogens is 1. The molecule has 2 heterocycles. The average molecular weight is 400 g/mol. The number of carbonyl (C=O) groups excluding carboxylic acids is 3. The van der Waals surface area contributed by atoms with Gasteiger partial charge in [0.1, 0.15) is 5.76 Å². The van der Waals surface area contributed by atoms with E-state index >= 15 is 0 Å². The number of esters is 2. The number of amides is 1. The molecule has 9 heteroatoms. The van der Waals surface area contributed by atoms with Gasteiger partial charge in [-0.15, -0.1) is 11.3 Å². The second-order valence-electron chi connectivity index (χ2n) is 5.64. The molecule has 1 amide bonds. The first-order valence-corrected chi connectivity index (χ1v) is 8.95. The molecule has 1 N–H and O–H groups in total. The number of carbonyl (C=O) groups is 3. The van der Waals surface area contributed by atoms with Gasteiger partial charge < -0.3 is 19.2 Å². The first kappa shape index (κ1) is 19.3. The van der Waals surface area contributed by atoms with Crippen LogP contribution in [0.1, 0.15) is 37.0 Å². The van der Waals surface area contributed by atoms with Crippen LogP contribution in [0.25, 0.3) is 10.8 Å². The second kappa shape index (κ2) is 8.05. The molecule has 0 unspecified atom stereocenters. The molecule has 3 aromatic rings. The van der Waals surface area contributed by atoms with E-state index in [9.17, 15) is 14.4 Å². The molecular weight excluding hydrogens is 384 g/mol. The lowest BCUT2D eigenvalue weighted by atomic mass is 10.1. The summed E-state index contributed by atoms with van der Waals surface area (Å²) < 4.78 is 14.9. The minimum Gasteiger partial charge on any atom is -0.465 e. The number of thiophene rings is 1. The van der Waals surface area contributed by atoms with Crippen LogP contribution in [0.3, 0.4) is 0 Å². The molecule has 0 spiro atoms. The van der Waals surface area contributed by atoms with Gasteiger partial charge in [-0.25, -0.2) is 14.6 Å². The summed E-state index contributed by atoms with van der Waals surface area (Å²) >= 11 is 1.44. The van der Waals surface area contributed by atoms with Crippen LogP contribution in [-0.4, -0.2) is 37.0 Å². The zero-order valence-corrected chi connectivity index (χ0v) is 16.1. The summed E-state index contributed by atoms with van der Waals surface area (Å²) in [4.78, 5) is 41.4. The number of anilines is 1. The van der Waals surface area contributed by atoms with Gasteiger partial charge in [0.2, 0.25) is 5.89 Å². The van der Waals surface area contributed by atoms with E-state index in [-0.39, 0.29) is 22.5 Å². The summed E-state index contributed by atoms with van der Waals surface area (Å²) in [5, 5.41) is 4.50. The third-order valence-corrected chi connectivity index (χ3v) is 4.63. The molecule has 8 nitrogen and oxygen atoms in total. The molecule has 28 heavy (non-hydrogen) atoms. The van der Waals surface area contributed by atoms with Gasteiger partial charge in [0.25, 0.3) is 5.91 Å². The van der Waals surface area contributed by atoms with Crippen molar-refractivity contribution in [2.24, 2.45) is 0 Å². The van der Waals surface area contributed by atoms with Crippen molar-refractivity contribution in [1.82, 2.24) is 4.98 Å². The molecule has 0 bridgehead atoms. The van der Waals surface area contributed by atoms with Gasteiger partial charge >= 0.3 is 11.9 Å². The molecule has 0 aliphatic rings. The molecule has 0 radical (unpaired) electrons. The zero-order chi connectivity index (χ0) is 20.3. The van der Waals surface area contributed by atoms with E-state index in [1.807, 2.05) is 17.5 Å². The molecule has 0 fully saturated rings. The maximum atomic E-state index is 12.7. The Bertz CT molecular complexity index is 1000. The smallest absolute Gasteiger partial charge is 0.337 e. The molecule has 144 valence electrons. The molecule has 0 aliphatic carbocycles. The van der Waals surface area contributed by atoms with Crippen molar-refractivity contribution >= 4 is 34.9 Å². The molecule has 0 atom stereocenters. The lowest BCUT2D eigenvalue weighted by Gasteiger charge is -2.09. The highest BCUT2D eigenvalue weighted by Gasteiger charge is 2.20. The van der Waals surface area contributed by atoms with E-state index < -0.39 is 17.8 Å². The van der Waals surface area contributed by atoms with Crippen molar-refractivity contribution in [3.63, 3.8) is 0 Å². The van der Waals surface area contributed by atoms with Gasteiger partial charge in [-0.05, 0) is 36.6 Å². The van der Waals surface area contributed by atoms with Crippen LogP contribution in [0.5, 0.6) is 0 Å². The van der Waals surface area contributed by atoms with Crippen molar-refractivity contribution in [3.05, 3.63) is 58.3 Å². The summed E-state index contributed by atoms with van der Waals surface area (Å²) in [5.74, 6) is -1.16. The van der Waals surface area contributed by atoms with E-state index in [1.54, 1.807) is 6.92 Å². The minimum atomic E-state index is -0.654. The number of ether oxygens (including phenoxy) is 2. The molecule has 1 aromatic carbocycles. The maximum Gasteiger partial charge on any atom is 0.337 e. The van der Waals surface area contributed by atoms with Gasteiger partial charge in [-0.1, -0.05) is 6.07 Å². The Morgan fingerprint density at radius 2 is 1.71 bits per heavy atom. The van der Waals surface area contributed by atoms with Crippen LogP contribution in [0.2, 0.25) is 0 Å². The van der Waals surface area contributed by atoms with Gasteiger partial charge in [-0.3, -0.25) is 4.79 Å². The van der Waals surface area contributed by atoms with E-state index in [0.29, 0.717) is 11.7 Å². The summed E-state index contributed by atoms with van der Waals surface area (Å²) in [6, 6.07) is 7.80. The Labute approximate surface area is 164 Å². The number of nitrogens with zero attached hydrogens (tertiary/aromatic N) is 1. The first-order valence-electron chi connectivity index (χ1n) is 8.07. The first-order chi connectivity index (χ1) is 13.4. The molecule has 0 aliphatic heterocycles. The Balaban J connectivity index is 1.91. The van der Waals surface area contributed by atoms with Crippen molar-refractivity contribution in [1.29, 1.82) is 0 Å². The molecule has 0 saturated carbocycles. The largest absolute Gasteiger partial charge is 0.465 e. The summed E-state index contributed by atoms with van der Waals surface area (Å²) in [6.45, 7) is 1.63. The second-order valence-corrected chi connectivity index (χ2v) is 6.59. The van der Waals surface area contributed by atoms with Crippen LogP contribution < -0.4 is 5.32 Å². The van der Waals surface area contributed by atoms with Gasteiger partial charge in [0.05, 0.1) is 30.2 Å². The SMILES string of the molecule is COC(=O)c1cc(NC(=O)c2nc(-c3cccs3)oc2C)cc(C(=O)OC)c1.